The number of hydrogen-bond acceptors (Lipinski definition) is 4. The lowest BCUT2D eigenvalue weighted by Gasteiger charge is -1.97. The van der Waals surface area contributed by atoms with E-state index >= 15 is 0 Å². The summed E-state index contributed by atoms with van der Waals surface area (Å²) in [6.07, 6.45) is 0. The summed E-state index contributed by atoms with van der Waals surface area (Å²) in [4.78, 5) is 10.9. The summed E-state index contributed by atoms with van der Waals surface area (Å²) in [5, 5.41) is 2.30. The second kappa shape index (κ2) is 4.04. The van der Waals surface area contributed by atoms with E-state index in [2.05, 4.69) is 23.8 Å². The SMILES string of the molecule is CCSc1nc(Cl)c2cc(C)sc2n1. The molecule has 0 saturated carbocycles. The van der Waals surface area contributed by atoms with Crippen LogP contribution in [0.1, 0.15) is 11.8 Å². The summed E-state index contributed by atoms with van der Waals surface area (Å²) in [5.74, 6) is 0.964. The number of aromatic nitrogens is 2. The Morgan fingerprint density at radius 3 is 3.00 bits per heavy atom. The molecule has 0 fully saturated rings. The molecule has 74 valence electrons. The molecular weight excluding hydrogens is 236 g/mol. The van der Waals surface area contributed by atoms with Gasteiger partial charge in [-0.25, -0.2) is 9.97 Å². The van der Waals surface area contributed by atoms with Gasteiger partial charge in [-0.05, 0) is 18.7 Å². The van der Waals surface area contributed by atoms with Gasteiger partial charge >= 0.3 is 0 Å². The van der Waals surface area contributed by atoms with Gasteiger partial charge in [0, 0.05) is 10.3 Å². The van der Waals surface area contributed by atoms with Crippen molar-refractivity contribution in [3.05, 3.63) is 16.1 Å². The Labute approximate surface area is 95.7 Å². The van der Waals surface area contributed by atoms with Gasteiger partial charge < -0.3 is 0 Å². The summed E-state index contributed by atoms with van der Waals surface area (Å²) < 4.78 is 0. The molecule has 2 heterocycles. The maximum Gasteiger partial charge on any atom is 0.190 e. The predicted octanol–water partition coefficient (Wildman–Crippen LogP) is 3.77. The molecule has 0 spiro atoms. The molecule has 14 heavy (non-hydrogen) atoms. The maximum absolute atomic E-state index is 6.05. The Balaban J connectivity index is 2.59. The first-order chi connectivity index (χ1) is 6.70. The van der Waals surface area contributed by atoms with Gasteiger partial charge in [-0.1, -0.05) is 30.3 Å². The molecule has 5 heteroatoms. The minimum Gasteiger partial charge on any atom is -0.211 e. The average molecular weight is 245 g/mol. The summed E-state index contributed by atoms with van der Waals surface area (Å²) in [6.45, 7) is 4.13. The zero-order valence-corrected chi connectivity index (χ0v) is 10.3. The van der Waals surface area contributed by atoms with Crippen LogP contribution in [0.5, 0.6) is 0 Å². The standard InChI is InChI=1S/C9H9ClN2S2/c1-3-13-9-11-7(10)6-4-5(2)14-8(6)12-9/h4H,3H2,1-2H3. The molecule has 0 aromatic carbocycles. The topological polar surface area (TPSA) is 25.8 Å². The zero-order valence-electron chi connectivity index (χ0n) is 7.87. The first-order valence-corrected chi connectivity index (χ1v) is 6.45. The molecule has 2 nitrogen and oxygen atoms in total. The summed E-state index contributed by atoms with van der Waals surface area (Å²) in [6, 6.07) is 2.03. The van der Waals surface area contributed by atoms with Crippen molar-refractivity contribution in [1.82, 2.24) is 9.97 Å². The highest BCUT2D eigenvalue weighted by Crippen LogP contribution is 2.30. The van der Waals surface area contributed by atoms with Crippen molar-refractivity contribution < 1.29 is 0 Å². The molecule has 0 amide bonds. The third-order valence-electron chi connectivity index (χ3n) is 1.72. The van der Waals surface area contributed by atoms with Crippen LogP contribution in [-0.2, 0) is 0 Å². The molecule has 2 aromatic rings. The van der Waals surface area contributed by atoms with Crippen LogP contribution in [0, 0.1) is 6.92 Å². The predicted molar refractivity (Wildman–Crippen MR) is 63.6 cm³/mol. The van der Waals surface area contributed by atoms with Crippen molar-refractivity contribution in [2.75, 3.05) is 5.75 Å². The Morgan fingerprint density at radius 2 is 2.29 bits per heavy atom. The number of thiophene rings is 1. The largest absolute Gasteiger partial charge is 0.211 e. The highest BCUT2D eigenvalue weighted by atomic mass is 35.5. The Morgan fingerprint density at radius 1 is 1.50 bits per heavy atom. The molecule has 2 rings (SSSR count). The van der Waals surface area contributed by atoms with E-state index in [0.29, 0.717) is 5.15 Å². The van der Waals surface area contributed by atoms with Gasteiger partial charge in [-0.15, -0.1) is 11.3 Å². The molecule has 0 aliphatic carbocycles. The van der Waals surface area contributed by atoms with Gasteiger partial charge in [0.1, 0.15) is 9.98 Å². The van der Waals surface area contributed by atoms with Crippen molar-refractivity contribution in [2.24, 2.45) is 0 Å². The second-order valence-corrected chi connectivity index (χ2v) is 5.63. The van der Waals surface area contributed by atoms with Crippen molar-refractivity contribution >= 4 is 44.9 Å². The molecule has 0 saturated heterocycles. The molecule has 2 aromatic heterocycles. The van der Waals surface area contributed by atoms with E-state index in [-0.39, 0.29) is 0 Å². The number of halogens is 1. The van der Waals surface area contributed by atoms with Crippen molar-refractivity contribution in [2.45, 2.75) is 19.0 Å². The lowest BCUT2D eigenvalue weighted by atomic mass is 10.4. The molecule has 0 unspecified atom stereocenters. The van der Waals surface area contributed by atoms with E-state index in [1.54, 1.807) is 23.1 Å². The molecule has 0 N–H and O–H groups in total. The van der Waals surface area contributed by atoms with Crippen LogP contribution < -0.4 is 0 Å². The number of thioether (sulfide) groups is 1. The van der Waals surface area contributed by atoms with Crippen molar-refractivity contribution in [3.8, 4) is 0 Å². The number of fused-ring (bicyclic) bond motifs is 1. The van der Waals surface area contributed by atoms with E-state index in [9.17, 15) is 0 Å². The lowest BCUT2D eigenvalue weighted by Crippen LogP contribution is -1.86. The summed E-state index contributed by atoms with van der Waals surface area (Å²) in [7, 11) is 0. The molecular formula is C9H9ClN2S2. The normalized spacial score (nSPS) is 11.1. The van der Waals surface area contributed by atoms with Crippen LogP contribution in [0.4, 0.5) is 0 Å². The van der Waals surface area contributed by atoms with Gasteiger partial charge in [0.05, 0.1) is 0 Å². The number of hydrogen-bond donors (Lipinski definition) is 0. The average Bonchev–Trinajstić information content (AvgIpc) is 2.47. The molecule has 0 aliphatic rings. The van der Waals surface area contributed by atoms with Crippen molar-refractivity contribution in [1.29, 1.82) is 0 Å². The minimum absolute atomic E-state index is 0.565. The molecule has 0 aliphatic heterocycles. The van der Waals surface area contributed by atoms with Crippen molar-refractivity contribution in [3.63, 3.8) is 0 Å². The van der Waals surface area contributed by atoms with Crippen LogP contribution >= 0.6 is 34.7 Å². The molecule has 0 bridgehead atoms. The van der Waals surface area contributed by atoms with Gasteiger partial charge in [0.25, 0.3) is 0 Å². The van der Waals surface area contributed by atoms with Crippen LogP contribution in [0.25, 0.3) is 10.2 Å². The Kier molecular flexibility index (Phi) is 2.95. The minimum atomic E-state index is 0.565. The maximum atomic E-state index is 6.05. The number of nitrogens with zero attached hydrogens (tertiary/aromatic N) is 2. The van der Waals surface area contributed by atoms with E-state index in [1.807, 2.05) is 6.07 Å². The van der Waals surface area contributed by atoms with E-state index < -0.39 is 0 Å². The van der Waals surface area contributed by atoms with Crippen LogP contribution in [0.15, 0.2) is 11.2 Å². The second-order valence-electron chi connectivity index (χ2n) is 2.81. The van der Waals surface area contributed by atoms with Crippen LogP contribution in [-0.4, -0.2) is 15.7 Å². The summed E-state index contributed by atoms with van der Waals surface area (Å²) in [5.41, 5.74) is 0. The lowest BCUT2D eigenvalue weighted by molar-refractivity contribution is 1.01. The van der Waals surface area contributed by atoms with E-state index in [4.69, 9.17) is 11.6 Å². The first-order valence-electron chi connectivity index (χ1n) is 4.27. The fraction of sp³-hybridized carbons (Fsp3) is 0.333. The van der Waals surface area contributed by atoms with Gasteiger partial charge in [0.2, 0.25) is 0 Å². The fourth-order valence-electron chi connectivity index (χ4n) is 1.18. The smallest absolute Gasteiger partial charge is 0.190 e. The number of aryl methyl sites for hydroxylation is 1. The summed E-state index contributed by atoms with van der Waals surface area (Å²) >= 11 is 9.32. The van der Waals surface area contributed by atoms with Crippen LogP contribution in [0.2, 0.25) is 5.15 Å². The van der Waals surface area contributed by atoms with Crippen LogP contribution in [0.3, 0.4) is 0 Å². The third-order valence-corrected chi connectivity index (χ3v) is 3.68. The third kappa shape index (κ3) is 1.87. The monoisotopic (exact) mass is 244 g/mol. The molecule has 0 radical (unpaired) electrons. The molecule has 0 atom stereocenters. The zero-order chi connectivity index (χ0) is 10.1. The van der Waals surface area contributed by atoms with E-state index in [0.717, 1.165) is 21.1 Å². The first kappa shape index (κ1) is 10.2. The fourth-order valence-corrected chi connectivity index (χ4v) is 3.02. The Hall–Kier alpha value is -0.320. The highest BCUT2D eigenvalue weighted by Gasteiger charge is 2.08. The van der Waals surface area contributed by atoms with Gasteiger partial charge in [-0.2, -0.15) is 0 Å². The van der Waals surface area contributed by atoms with E-state index in [1.165, 1.54) is 4.88 Å². The Bertz CT molecular complexity index is 467. The van der Waals surface area contributed by atoms with Gasteiger partial charge in [-0.3, -0.25) is 0 Å². The quantitative estimate of drug-likeness (QED) is 0.457. The van der Waals surface area contributed by atoms with Gasteiger partial charge in [0.15, 0.2) is 5.16 Å². The highest BCUT2D eigenvalue weighted by molar-refractivity contribution is 7.99. The number of rotatable bonds is 2.